The molecule has 8 heteroatoms. The molecule has 0 spiro atoms. The van der Waals surface area contributed by atoms with E-state index < -0.39 is 41.0 Å². The third-order valence-corrected chi connectivity index (χ3v) is 3.92. The first kappa shape index (κ1) is 18.8. The number of pyridine rings is 1. The summed E-state index contributed by atoms with van der Waals surface area (Å²) in [5.41, 5.74) is -0.680. The number of anilines is 2. The lowest BCUT2D eigenvalue weighted by atomic mass is 10.1. The molecule has 0 fully saturated rings. The second-order valence-electron chi connectivity index (χ2n) is 7.14. The van der Waals surface area contributed by atoms with Gasteiger partial charge in [-0.15, -0.1) is 0 Å². The molecule has 0 saturated carbocycles. The van der Waals surface area contributed by atoms with Gasteiger partial charge >= 0.3 is 6.09 Å². The Labute approximate surface area is 155 Å². The zero-order chi connectivity index (χ0) is 19.8. The highest BCUT2D eigenvalue weighted by molar-refractivity contribution is 6.04. The van der Waals surface area contributed by atoms with Crippen molar-refractivity contribution in [1.82, 2.24) is 4.98 Å². The highest BCUT2D eigenvalue weighted by atomic mass is 19.1. The number of benzene rings is 1. The van der Waals surface area contributed by atoms with Crippen molar-refractivity contribution >= 4 is 23.5 Å². The van der Waals surface area contributed by atoms with Crippen molar-refractivity contribution in [2.24, 2.45) is 0 Å². The van der Waals surface area contributed by atoms with Crippen LogP contribution in [0, 0.1) is 11.6 Å². The summed E-state index contributed by atoms with van der Waals surface area (Å²) in [5.74, 6) is -2.25. The summed E-state index contributed by atoms with van der Waals surface area (Å²) in [6.07, 6.45) is 0.895. The van der Waals surface area contributed by atoms with E-state index in [0.717, 1.165) is 17.0 Å². The molecule has 1 unspecified atom stereocenters. The lowest BCUT2D eigenvalue weighted by molar-refractivity contribution is -0.117. The van der Waals surface area contributed by atoms with Crippen LogP contribution in [-0.2, 0) is 16.0 Å². The normalized spacial score (nSPS) is 16.0. The van der Waals surface area contributed by atoms with Gasteiger partial charge in [-0.2, -0.15) is 0 Å². The highest BCUT2D eigenvalue weighted by Gasteiger charge is 2.41. The quantitative estimate of drug-likeness (QED) is 0.870. The molecule has 0 bridgehead atoms. The van der Waals surface area contributed by atoms with Crippen LogP contribution in [0.25, 0.3) is 0 Å². The Bertz CT molecular complexity index is 876. The Morgan fingerprint density at radius 2 is 1.85 bits per heavy atom. The predicted molar refractivity (Wildman–Crippen MR) is 95.4 cm³/mol. The number of rotatable bonds is 2. The number of ether oxygens (including phenoxy) is 1. The van der Waals surface area contributed by atoms with E-state index in [4.69, 9.17) is 4.74 Å². The van der Waals surface area contributed by atoms with Gasteiger partial charge in [0.25, 0.3) is 0 Å². The molecule has 0 radical (unpaired) electrons. The van der Waals surface area contributed by atoms with Crippen molar-refractivity contribution in [1.29, 1.82) is 0 Å². The Morgan fingerprint density at radius 1 is 1.19 bits per heavy atom. The number of nitrogens with one attached hydrogen (secondary N) is 1. The minimum atomic E-state index is -1.04. The molecule has 2 amide bonds. The average molecular weight is 375 g/mol. The van der Waals surface area contributed by atoms with Crippen LogP contribution in [-0.4, -0.2) is 28.6 Å². The Hall–Kier alpha value is -3.03. The lowest BCUT2D eigenvalue weighted by Crippen LogP contribution is -2.47. The van der Waals surface area contributed by atoms with Gasteiger partial charge in [0.05, 0.1) is 0 Å². The van der Waals surface area contributed by atoms with Crippen LogP contribution in [0.1, 0.15) is 26.3 Å². The van der Waals surface area contributed by atoms with Gasteiger partial charge in [-0.3, -0.25) is 4.79 Å². The predicted octanol–water partition coefficient (Wildman–Crippen LogP) is 3.66. The van der Waals surface area contributed by atoms with Gasteiger partial charge in [0, 0.05) is 12.6 Å². The van der Waals surface area contributed by atoms with Gasteiger partial charge in [0.2, 0.25) is 5.91 Å². The van der Waals surface area contributed by atoms with Crippen LogP contribution in [0.15, 0.2) is 36.5 Å². The number of carbonyl (C=O) groups is 2. The monoisotopic (exact) mass is 375 g/mol. The number of fused-ring (bicyclic) bond motifs is 1. The molecule has 0 aliphatic carbocycles. The molecule has 2 aromatic rings. The summed E-state index contributed by atoms with van der Waals surface area (Å²) in [7, 11) is 0. The molecule has 2 heterocycles. The van der Waals surface area contributed by atoms with Crippen LogP contribution < -0.4 is 10.2 Å². The van der Waals surface area contributed by atoms with Crippen LogP contribution in [0.5, 0.6) is 0 Å². The van der Waals surface area contributed by atoms with Crippen LogP contribution in [0.2, 0.25) is 0 Å². The van der Waals surface area contributed by atoms with E-state index in [1.165, 1.54) is 12.3 Å². The van der Waals surface area contributed by atoms with Crippen molar-refractivity contribution in [3.8, 4) is 0 Å². The Morgan fingerprint density at radius 3 is 2.48 bits per heavy atom. The van der Waals surface area contributed by atoms with Crippen LogP contribution in [0.4, 0.5) is 25.1 Å². The molecule has 1 aromatic carbocycles. The van der Waals surface area contributed by atoms with E-state index in [9.17, 15) is 18.4 Å². The Kier molecular flexibility index (Phi) is 4.82. The number of aromatic nitrogens is 1. The molecular weight excluding hydrogens is 356 g/mol. The van der Waals surface area contributed by atoms with E-state index in [1.807, 2.05) is 0 Å². The summed E-state index contributed by atoms with van der Waals surface area (Å²) >= 11 is 0. The molecular formula is C19H19F2N3O3. The maximum Gasteiger partial charge on any atom is 0.416 e. The molecule has 27 heavy (non-hydrogen) atoms. The number of para-hydroxylation sites is 1. The lowest BCUT2D eigenvalue weighted by Gasteiger charge is -2.28. The van der Waals surface area contributed by atoms with E-state index in [0.29, 0.717) is 11.4 Å². The van der Waals surface area contributed by atoms with Gasteiger partial charge in [0.1, 0.15) is 34.8 Å². The van der Waals surface area contributed by atoms with Gasteiger partial charge in [-0.25, -0.2) is 23.5 Å². The summed E-state index contributed by atoms with van der Waals surface area (Å²) in [6.45, 7) is 5.10. The second kappa shape index (κ2) is 6.94. The van der Waals surface area contributed by atoms with Gasteiger partial charge in [0.15, 0.2) is 0 Å². The molecule has 1 aromatic heterocycles. The Balaban J connectivity index is 1.91. The summed E-state index contributed by atoms with van der Waals surface area (Å²) in [4.78, 5) is 30.7. The molecule has 1 aliphatic rings. The van der Waals surface area contributed by atoms with Gasteiger partial charge < -0.3 is 10.1 Å². The van der Waals surface area contributed by atoms with Gasteiger partial charge in [-0.1, -0.05) is 12.1 Å². The van der Waals surface area contributed by atoms with E-state index in [1.54, 1.807) is 32.9 Å². The first-order chi connectivity index (χ1) is 12.7. The fourth-order valence-corrected chi connectivity index (χ4v) is 2.81. The SMILES string of the molecule is CC(C)(C)OC(=O)N1c2ncccc2CC1C(=O)Nc1c(F)cccc1F. The number of carbonyl (C=O) groups excluding carboxylic acids is 2. The van der Waals surface area contributed by atoms with E-state index >= 15 is 0 Å². The standard InChI is InChI=1S/C19H19F2N3O3/c1-19(2,3)27-18(26)24-14(10-11-6-5-9-22-16(11)24)17(25)23-15-12(20)7-4-8-13(15)21/h4-9,14H,10H2,1-3H3,(H,23,25). The maximum absolute atomic E-state index is 13.9. The number of hydrogen-bond acceptors (Lipinski definition) is 4. The highest BCUT2D eigenvalue weighted by Crippen LogP contribution is 2.32. The molecule has 0 saturated heterocycles. The van der Waals surface area contributed by atoms with Crippen molar-refractivity contribution in [3.05, 3.63) is 53.7 Å². The number of halogens is 2. The van der Waals surface area contributed by atoms with Crippen molar-refractivity contribution in [2.45, 2.75) is 38.8 Å². The molecule has 6 nitrogen and oxygen atoms in total. The maximum atomic E-state index is 13.9. The minimum absolute atomic E-state index is 0.157. The zero-order valence-corrected chi connectivity index (χ0v) is 15.1. The number of hydrogen-bond donors (Lipinski definition) is 1. The molecule has 3 rings (SSSR count). The summed E-state index contributed by atoms with van der Waals surface area (Å²) < 4.78 is 33.1. The fourth-order valence-electron chi connectivity index (χ4n) is 2.81. The largest absolute Gasteiger partial charge is 0.443 e. The third-order valence-electron chi connectivity index (χ3n) is 3.92. The number of nitrogens with zero attached hydrogens (tertiary/aromatic N) is 2. The minimum Gasteiger partial charge on any atom is -0.443 e. The molecule has 142 valence electrons. The first-order valence-corrected chi connectivity index (χ1v) is 8.38. The molecule has 1 atom stereocenters. The van der Waals surface area contributed by atoms with Crippen LogP contribution in [0.3, 0.4) is 0 Å². The summed E-state index contributed by atoms with van der Waals surface area (Å²) in [6, 6.07) is 5.65. The van der Waals surface area contributed by atoms with Crippen LogP contribution >= 0.6 is 0 Å². The number of amides is 2. The third kappa shape index (κ3) is 3.89. The average Bonchev–Trinajstić information content (AvgIpc) is 2.96. The zero-order valence-electron chi connectivity index (χ0n) is 15.1. The fraction of sp³-hybridized carbons (Fsp3) is 0.316. The molecule has 1 N–H and O–H groups in total. The topological polar surface area (TPSA) is 71.5 Å². The van der Waals surface area contributed by atoms with Crippen molar-refractivity contribution < 1.29 is 23.1 Å². The first-order valence-electron chi connectivity index (χ1n) is 8.38. The molecule has 1 aliphatic heterocycles. The second-order valence-corrected chi connectivity index (χ2v) is 7.14. The van der Waals surface area contributed by atoms with E-state index in [-0.39, 0.29) is 6.42 Å². The van der Waals surface area contributed by atoms with E-state index in [2.05, 4.69) is 10.3 Å². The van der Waals surface area contributed by atoms with Gasteiger partial charge in [-0.05, 0) is 44.5 Å². The van der Waals surface area contributed by atoms with Crippen molar-refractivity contribution in [3.63, 3.8) is 0 Å². The van der Waals surface area contributed by atoms with Crippen molar-refractivity contribution in [2.75, 3.05) is 10.2 Å². The summed E-state index contributed by atoms with van der Waals surface area (Å²) in [5, 5.41) is 2.24. The smallest absolute Gasteiger partial charge is 0.416 e.